The van der Waals surface area contributed by atoms with Gasteiger partial charge in [-0.15, -0.1) is 11.3 Å². The van der Waals surface area contributed by atoms with Crippen LogP contribution in [-0.2, 0) is 24.2 Å². The van der Waals surface area contributed by atoms with Crippen molar-refractivity contribution < 1.29 is 31.9 Å². The van der Waals surface area contributed by atoms with Crippen LogP contribution in [0.4, 0.5) is 4.39 Å². The number of hydrogen-bond donors (Lipinski definition) is 2. The number of amides is 3. The lowest BCUT2D eigenvalue weighted by atomic mass is 10.0. The highest BCUT2D eigenvalue weighted by Gasteiger charge is 2.37. The van der Waals surface area contributed by atoms with Gasteiger partial charge < -0.3 is 20.3 Å². The van der Waals surface area contributed by atoms with Gasteiger partial charge in [-0.1, -0.05) is 12.1 Å². The number of aromatic nitrogens is 1. The maximum absolute atomic E-state index is 15.2. The van der Waals surface area contributed by atoms with Gasteiger partial charge >= 0.3 is 0 Å². The number of halogens is 1. The van der Waals surface area contributed by atoms with Gasteiger partial charge in [-0.05, 0) is 36.6 Å². The van der Waals surface area contributed by atoms with Crippen molar-refractivity contribution in [2.75, 3.05) is 40.1 Å². The summed E-state index contributed by atoms with van der Waals surface area (Å²) in [6.07, 6.45) is 1.74. The number of rotatable bonds is 11. The Morgan fingerprint density at radius 3 is 2.62 bits per heavy atom. The van der Waals surface area contributed by atoms with Crippen LogP contribution in [0, 0.1) is 5.82 Å². The lowest BCUT2D eigenvalue weighted by Crippen LogP contribution is -2.41. The Morgan fingerprint density at radius 2 is 1.95 bits per heavy atom. The summed E-state index contributed by atoms with van der Waals surface area (Å²) in [4.78, 5) is 43.2. The molecule has 0 radical (unpaired) electrons. The fraction of sp³-hybridized carbons (Fsp3) is 0.385. The van der Waals surface area contributed by atoms with Gasteiger partial charge in [-0.25, -0.2) is 17.8 Å². The molecule has 0 aliphatic heterocycles. The topological polar surface area (TPSA) is 135 Å². The minimum absolute atomic E-state index is 0.0470. The Balaban J connectivity index is 1.68. The number of methoxy groups -OCH3 is 1. The summed E-state index contributed by atoms with van der Waals surface area (Å²) < 4.78 is 46.9. The lowest BCUT2D eigenvalue weighted by Gasteiger charge is -2.15. The van der Waals surface area contributed by atoms with E-state index in [4.69, 9.17) is 4.74 Å². The third-order valence-corrected chi connectivity index (χ3v) is 9.20. The van der Waals surface area contributed by atoms with Gasteiger partial charge in [0, 0.05) is 44.4 Å². The summed E-state index contributed by atoms with van der Waals surface area (Å²) in [5.74, 6) is -2.61. The van der Waals surface area contributed by atoms with Crippen molar-refractivity contribution in [2.24, 2.45) is 0 Å². The number of carbonyl (C=O) groups is 3. The quantitative estimate of drug-likeness (QED) is 0.358. The van der Waals surface area contributed by atoms with Crippen LogP contribution in [0.3, 0.4) is 0 Å². The molecule has 39 heavy (non-hydrogen) atoms. The van der Waals surface area contributed by atoms with Crippen LogP contribution >= 0.6 is 11.3 Å². The Morgan fingerprint density at radius 1 is 1.21 bits per heavy atom. The largest absolute Gasteiger partial charge is 0.384 e. The van der Waals surface area contributed by atoms with Crippen molar-refractivity contribution in [3.8, 4) is 11.1 Å². The number of nitrogens with one attached hydrogen (secondary N) is 2. The van der Waals surface area contributed by atoms with Crippen LogP contribution in [0.5, 0.6) is 0 Å². The Bertz CT molecular complexity index is 1520. The number of fused-ring (bicyclic) bond motifs is 1. The molecule has 2 N–H and O–H groups in total. The van der Waals surface area contributed by atoms with Crippen molar-refractivity contribution in [3.05, 3.63) is 52.8 Å². The molecule has 0 spiro atoms. The summed E-state index contributed by atoms with van der Waals surface area (Å²) in [6.45, 7) is -0.517. The van der Waals surface area contributed by atoms with Crippen LogP contribution in [0.1, 0.15) is 33.5 Å². The first-order chi connectivity index (χ1) is 18.5. The van der Waals surface area contributed by atoms with E-state index >= 15 is 4.39 Å². The summed E-state index contributed by atoms with van der Waals surface area (Å²) in [5, 5.41) is 3.38. The molecule has 3 amide bonds. The molecule has 13 heteroatoms. The average Bonchev–Trinajstić information content (AvgIpc) is 3.62. The number of ether oxygens (including phenoxy) is 1. The minimum Gasteiger partial charge on any atom is -0.384 e. The first kappa shape index (κ1) is 28.6. The van der Waals surface area contributed by atoms with Crippen LogP contribution in [0.15, 0.2) is 36.4 Å². The number of carbonyl (C=O) groups excluding carboxylic acids is 3. The molecule has 4 rings (SSSR count). The van der Waals surface area contributed by atoms with E-state index in [0.717, 1.165) is 24.2 Å². The molecule has 10 nitrogen and oxygen atoms in total. The molecule has 0 saturated heterocycles. The molecule has 1 aliphatic rings. The second-order valence-electron chi connectivity index (χ2n) is 9.43. The maximum Gasteiger partial charge on any atom is 0.253 e. The normalized spacial score (nSPS) is 14.2. The van der Waals surface area contributed by atoms with Crippen molar-refractivity contribution in [2.45, 2.75) is 24.1 Å². The molecule has 1 unspecified atom stereocenters. The van der Waals surface area contributed by atoms with Crippen molar-refractivity contribution in [3.63, 3.8) is 0 Å². The van der Waals surface area contributed by atoms with E-state index in [1.807, 2.05) is 0 Å². The predicted molar refractivity (Wildman–Crippen MR) is 146 cm³/mol. The van der Waals surface area contributed by atoms with E-state index in [1.54, 1.807) is 38.4 Å². The summed E-state index contributed by atoms with van der Waals surface area (Å²) >= 11 is 0.948. The smallest absolute Gasteiger partial charge is 0.253 e. The first-order valence-electron chi connectivity index (χ1n) is 12.2. The minimum atomic E-state index is -4.10. The van der Waals surface area contributed by atoms with Gasteiger partial charge in [-0.3, -0.25) is 14.4 Å². The van der Waals surface area contributed by atoms with Gasteiger partial charge in [0.05, 0.1) is 29.1 Å². The Hall–Kier alpha value is -3.42. The van der Waals surface area contributed by atoms with Crippen LogP contribution in [-0.4, -0.2) is 82.2 Å². The van der Waals surface area contributed by atoms with E-state index < -0.39 is 38.5 Å². The number of thiazole rings is 1. The third-order valence-electron chi connectivity index (χ3n) is 6.08. The van der Waals surface area contributed by atoms with Gasteiger partial charge in [0.15, 0.2) is 15.1 Å². The van der Waals surface area contributed by atoms with Crippen LogP contribution in [0.25, 0.3) is 21.3 Å². The second kappa shape index (κ2) is 11.8. The summed E-state index contributed by atoms with van der Waals surface area (Å²) in [7, 11) is 0.484. The maximum atomic E-state index is 15.2. The molecular formula is C26H29FN4O6S2. The molecular weight excluding hydrogens is 547 g/mol. The average molecular weight is 577 g/mol. The zero-order valence-corrected chi connectivity index (χ0v) is 23.3. The third kappa shape index (κ3) is 6.78. The fourth-order valence-corrected chi connectivity index (χ4v) is 6.85. The van der Waals surface area contributed by atoms with Gasteiger partial charge in [-0.2, -0.15) is 0 Å². The number of benzene rings is 2. The number of hydrogen-bond acceptors (Lipinski definition) is 8. The predicted octanol–water partition coefficient (Wildman–Crippen LogP) is 2.30. The fourth-order valence-electron chi connectivity index (χ4n) is 3.89. The van der Waals surface area contributed by atoms with E-state index in [-0.39, 0.29) is 41.2 Å². The zero-order chi connectivity index (χ0) is 28.3. The van der Waals surface area contributed by atoms with Crippen molar-refractivity contribution in [1.82, 2.24) is 20.5 Å². The van der Waals surface area contributed by atoms with Gasteiger partial charge in [0.1, 0.15) is 10.8 Å². The first-order valence-corrected chi connectivity index (χ1v) is 14.7. The Labute approximate surface area is 229 Å². The molecule has 1 atom stereocenters. The highest BCUT2D eigenvalue weighted by atomic mass is 32.2. The van der Waals surface area contributed by atoms with Crippen LogP contribution < -0.4 is 10.6 Å². The summed E-state index contributed by atoms with van der Waals surface area (Å²) in [6, 6.07) is 9.30. The standard InChI is InChI=1S/C26H29FN4O6S2/c1-31(2)26(34)16-6-4-5-15(11-16)18-12-21-20(13-19(18)27)30-25(38-21)23(39(35,36)10-9-37-3)24(33)28-14-22(32)29-17-7-8-17/h4-6,11-13,17,23H,7-10,14H2,1-3H3,(H,28,33)(H,29,32). The number of nitrogens with zero attached hydrogens (tertiary/aromatic N) is 2. The molecule has 3 aromatic rings. The van der Waals surface area contributed by atoms with E-state index in [0.29, 0.717) is 15.8 Å². The molecule has 1 saturated carbocycles. The second-order valence-corrected chi connectivity index (χ2v) is 12.7. The highest BCUT2D eigenvalue weighted by Crippen LogP contribution is 2.35. The monoisotopic (exact) mass is 576 g/mol. The van der Waals surface area contributed by atoms with E-state index in [2.05, 4.69) is 15.6 Å². The van der Waals surface area contributed by atoms with Crippen molar-refractivity contribution >= 4 is 49.1 Å². The molecule has 208 valence electrons. The van der Waals surface area contributed by atoms with E-state index in [1.165, 1.54) is 24.1 Å². The molecule has 1 aliphatic carbocycles. The van der Waals surface area contributed by atoms with Crippen molar-refractivity contribution in [1.29, 1.82) is 0 Å². The zero-order valence-electron chi connectivity index (χ0n) is 21.7. The Kier molecular flexibility index (Phi) is 8.62. The lowest BCUT2D eigenvalue weighted by molar-refractivity contribution is -0.126. The van der Waals surface area contributed by atoms with E-state index in [9.17, 15) is 22.8 Å². The molecule has 0 bridgehead atoms. The molecule has 1 fully saturated rings. The molecule has 1 aromatic heterocycles. The van der Waals surface area contributed by atoms with Gasteiger partial charge in [0.25, 0.3) is 5.91 Å². The summed E-state index contributed by atoms with van der Waals surface area (Å²) in [5.41, 5.74) is 1.23. The van der Waals surface area contributed by atoms with Crippen LogP contribution in [0.2, 0.25) is 0 Å². The highest BCUT2D eigenvalue weighted by molar-refractivity contribution is 7.92. The molecule has 2 aromatic carbocycles. The van der Waals surface area contributed by atoms with Gasteiger partial charge in [0.2, 0.25) is 11.8 Å². The SMILES string of the molecule is COCCS(=O)(=O)C(C(=O)NCC(=O)NC1CC1)c1nc2cc(F)c(-c3cccc(C(=O)N(C)C)c3)cc2s1. The number of sulfone groups is 1. The molecule has 1 heterocycles.